The molecule has 0 fully saturated rings. The molecule has 1 aromatic carbocycles. The molecule has 0 aliphatic carbocycles. The number of ether oxygens (including phenoxy) is 1. The molecule has 1 N–H and O–H groups in total. The third-order valence-electron chi connectivity index (χ3n) is 5.01. The van der Waals surface area contributed by atoms with Crippen LogP contribution in [0.2, 0.25) is 0 Å². The highest BCUT2D eigenvalue weighted by Gasteiger charge is 2.19. The summed E-state index contributed by atoms with van der Waals surface area (Å²) < 4.78 is 5.93. The number of aromatic nitrogens is 3. The molecule has 0 saturated carbocycles. The Bertz CT molecular complexity index is 1210. The van der Waals surface area contributed by atoms with Crippen molar-refractivity contribution in [2.24, 2.45) is 0 Å². The Labute approximate surface area is 197 Å². The Hall–Kier alpha value is -3.42. The van der Waals surface area contributed by atoms with Gasteiger partial charge in [0.25, 0.3) is 0 Å². The second-order valence-electron chi connectivity index (χ2n) is 7.92. The van der Waals surface area contributed by atoms with Crippen LogP contribution in [0.3, 0.4) is 0 Å². The summed E-state index contributed by atoms with van der Waals surface area (Å²) in [6.45, 7) is 4.58. The van der Waals surface area contributed by atoms with Crippen molar-refractivity contribution in [3.05, 3.63) is 89.2 Å². The highest BCUT2D eigenvalue weighted by Crippen LogP contribution is 2.32. The quantitative estimate of drug-likeness (QED) is 0.317. The maximum Gasteiger partial charge on any atom is 0.132 e. The number of carbonyl (C=O) groups excluding carboxylic acids is 1. The summed E-state index contributed by atoms with van der Waals surface area (Å²) in [7, 11) is 0. The average molecular weight is 459 g/mol. The fourth-order valence-corrected chi connectivity index (χ4v) is 4.40. The number of carbonyl (C=O) groups is 1. The number of nitrogens with zero attached hydrogens (tertiary/aromatic N) is 3. The summed E-state index contributed by atoms with van der Waals surface area (Å²) in [6.07, 6.45) is 3.99. The van der Waals surface area contributed by atoms with E-state index in [1.165, 1.54) is 0 Å². The zero-order valence-corrected chi connectivity index (χ0v) is 19.5. The Morgan fingerprint density at radius 3 is 2.70 bits per heavy atom. The highest BCUT2D eigenvalue weighted by molar-refractivity contribution is 7.15. The van der Waals surface area contributed by atoms with Crippen LogP contribution in [-0.2, 0) is 16.1 Å². The van der Waals surface area contributed by atoms with Crippen LogP contribution < -0.4 is 5.32 Å². The molecule has 0 aliphatic heterocycles. The molecule has 0 amide bonds. The smallest absolute Gasteiger partial charge is 0.132 e. The van der Waals surface area contributed by atoms with Crippen molar-refractivity contribution < 1.29 is 9.53 Å². The molecular formula is C26H26N4O2S. The minimum absolute atomic E-state index is 0.0808. The first-order valence-electron chi connectivity index (χ1n) is 10.8. The largest absolute Gasteiger partial charge is 0.376 e. The molecule has 4 aromatic rings. The fraction of sp³-hybridized carbons (Fsp3) is 0.231. The summed E-state index contributed by atoms with van der Waals surface area (Å²) in [5, 5.41) is 4.13. The van der Waals surface area contributed by atoms with Crippen LogP contribution in [0, 0.1) is 6.92 Å². The van der Waals surface area contributed by atoms with Crippen LogP contribution in [0.4, 0.5) is 11.6 Å². The minimum atomic E-state index is -0.0808. The third-order valence-corrected chi connectivity index (χ3v) is 6.19. The zero-order chi connectivity index (χ0) is 23.0. The van der Waals surface area contributed by atoms with Gasteiger partial charge in [-0.05, 0) is 49.2 Å². The van der Waals surface area contributed by atoms with E-state index in [0.717, 1.165) is 32.5 Å². The summed E-state index contributed by atoms with van der Waals surface area (Å²) in [6, 6.07) is 19.8. The van der Waals surface area contributed by atoms with E-state index in [-0.39, 0.29) is 11.7 Å². The van der Waals surface area contributed by atoms with Gasteiger partial charge in [0.1, 0.15) is 17.4 Å². The van der Waals surface area contributed by atoms with E-state index in [0.29, 0.717) is 25.5 Å². The first-order valence-corrected chi connectivity index (χ1v) is 11.6. The number of ketones is 1. The lowest BCUT2D eigenvalue weighted by Crippen LogP contribution is -2.11. The van der Waals surface area contributed by atoms with Crippen LogP contribution >= 0.6 is 11.3 Å². The van der Waals surface area contributed by atoms with Gasteiger partial charge < -0.3 is 14.8 Å². The Morgan fingerprint density at radius 2 is 1.91 bits per heavy atom. The maximum absolute atomic E-state index is 11.9. The molecule has 168 valence electrons. The number of nitrogens with one attached hydrogen (secondary N) is 1. The molecule has 1 unspecified atom stereocenters. The van der Waals surface area contributed by atoms with Gasteiger partial charge in [-0.25, -0.2) is 15.0 Å². The molecule has 0 saturated heterocycles. The van der Waals surface area contributed by atoms with Gasteiger partial charge in [0.15, 0.2) is 0 Å². The van der Waals surface area contributed by atoms with E-state index in [2.05, 4.69) is 15.3 Å². The van der Waals surface area contributed by atoms with E-state index >= 15 is 0 Å². The first-order chi connectivity index (χ1) is 16.1. The number of Topliss-reactive ketones (excluding diaryl/α,β-unsaturated/α-hetero) is 1. The molecule has 0 spiro atoms. The standard InChI is InChI=1S/C26H26N4O2S/c1-18-11-12-27-25(13-18)30-24-10-6-9-22(29-24)23-15-28-26(33-23)21(14-19(2)31)17-32-16-20-7-4-3-5-8-20/h3-13,15,21H,14,16-17H2,1-2H3,(H,27,29,30). The summed E-state index contributed by atoms with van der Waals surface area (Å²) in [5.74, 6) is 1.51. The van der Waals surface area contributed by atoms with Gasteiger partial charge in [0.2, 0.25) is 0 Å². The topological polar surface area (TPSA) is 77.0 Å². The minimum Gasteiger partial charge on any atom is -0.376 e. The molecule has 3 aromatic heterocycles. The lowest BCUT2D eigenvalue weighted by molar-refractivity contribution is -0.117. The highest BCUT2D eigenvalue weighted by atomic mass is 32.1. The number of hydrogen-bond acceptors (Lipinski definition) is 7. The fourth-order valence-electron chi connectivity index (χ4n) is 3.43. The normalized spacial score (nSPS) is 11.8. The number of thiazole rings is 1. The summed E-state index contributed by atoms with van der Waals surface area (Å²) >= 11 is 1.55. The van der Waals surface area contributed by atoms with Gasteiger partial charge in [0, 0.05) is 24.7 Å². The summed E-state index contributed by atoms with van der Waals surface area (Å²) in [4.78, 5) is 26.5. The molecule has 7 heteroatoms. The van der Waals surface area contributed by atoms with Crippen LogP contribution in [0.15, 0.2) is 73.1 Å². The van der Waals surface area contributed by atoms with Crippen LogP contribution in [0.1, 0.15) is 35.4 Å². The van der Waals surface area contributed by atoms with Gasteiger partial charge in [-0.15, -0.1) is 11.3 Å². The lowest BCUT2D eigenvalue weighted by Gasteiger charge is -2.13. The van der Waals surface area contributed by atoms with Gasteiger partial charge in [-0.1, -0.05) is 36.4 Å². The van der Waals surface area contributed by atoms with Gasteiger partial charge in [0.05, 0.1) is 28.8 Å². The number of benzene rings is 1. The van der Waals surface area contributed by atoms with Crippen LogP contribution in [0.5, 0.6) is 0 Å². The predicted octanol–water partition coefficient (Wildman–Crippen LogP) is 5.93. The second-order valence-corrected chi connectivity index (χ2v) is 8.98. The van der Waals surface area contributed by atoms with Crippen molar-refractivity contribution >= 4 is 28.8 Å². The maximum atomic E-state index is 11.9. The van der Waals surface area contributed by atoms with Crippen molar-refractivity contribution in [1.29, 1.82) is 0 Å². The number of rotatable bonds is 10. The third kappa shape index (κ3) is 6.54. The lowest BCUT2D eigenvalue weighted by atomic mass is 10.1. The Balaban J connectivity index is 1.46. The van der Waals surface area contributed by atoms with E-state index < -0.39 is 0 Å². The van der Waals surface area contributed by atoms with E-state index in [9.17, 15) is 4.79 Å². The van der Waals surface area contributed by atoms with Crippen LogP contribution in [-0.4, -0.2) is 27.3 Å². The molecule has 0 aliphatic rings. The number of hydrogen-bond donors (Lipinski definition) is 1. The SMILES string of the molecule is CC(=O)CC(COCc1ccccc1)c1ncc(-c2cccc(Nc3cc(C)ccn3)n2)s1. The molecule has 33 heavy (non-hydrogen) atoms. The Morgan fingerprint density at radius 1 is 1.06 bits per heavy atom. The van der Waals surface area contributed by atoms with Gasteiger partial charge in [-0.3, -0.25) is 0 Å². The molecule has 0 bridgehead atoms. The van der Waals surface area contributed by atoms with E-state index in [1.54, 1.807) is 24.5 Å². The van der Waals surface area contributed by atoms with Crippen molar-refractivity contribution in [3.63, 3.8) is 0 Å². The van der Waals surface area contributed by atoms with Gasteiger partial charge in [-0.2, -0.15) is 0 Å². The average Bonchev–Trinajstić information content (AvgIpc) is 3.29. The molecular weight excluding hydrogens is 432 g/mol. The monoisotopic (exact) mass is 458 g/mol. The molecule has 4 rings (SSSR count). The number of aryl methyl sites for hydroxylation is 1. The molecule has 1 atom stereocenters. The van der Waals surface area contributed by atoms with E-state index in [1.807, 2.05) is 73.8 Å². The van der Waals surface area contributed by atoms with Crippen molar-refractivity contribution in [1.82, 2.24) is 15.0 Å². The van der Waals surface area contributed by atoms with Crippen molar-refractivity contribution in [2.45, 2.75) is 32.8 Å². The van der Waals surface area contributed by atoms with Crippen LogP contribution in [0.25, 0.3) is 10.6 Å². The second kappa shape index (κ2) is 10.9. The number of anilines is 2. The zero-order valence-electron chi connectivity index (χ0n) is 18.7. The van der Waals surface area contributed by atoms with Crippen molar-refractivity contribution in [3.8, 4) is 10.6 Å². The van der Waals surface area contributed by atoms with Crippen molar-refractivity contribution in [2.75, 3.05) is 11.9 Å². The number of pyridine rings is 2. The molecule has 0 radical (unpaired) electrons. The van der Waals surface area contributed by atoms with Gasteiger partial charge >= 0.3 is 0 Å². The Kier molecular flexibility index (Phi) is 7.55. The summed E-state index contributed by atoms with van der Waals surface area (Å²) in [5.41, 5.74) is 3.06. The molecule has 6 nitrogen and oxygen atoms in total. The first kappa shape index (κ1) is 22.8. The molecule has 3 heterocycles. The predicted molar refractivity (Wildman–Crippen MR) is 132 cm³/mol. The van der Waals surface area contributed by atoms with E-state index in [4.69, 9.17) is 9.72 Å².